The number of hydrogen-bond donors (Lipinski definition) is 0. The molecule has 0 aromatic heterocycles. The van der Waals surface area contributed by atoms with Crippen LogP contribution in [0, 0.1) is 0 Å². The van der Waals surface area contributed by atoms with E-state index in [-0.39, 0.29) is 5.41 Å². The third-order valence-electron chi connectivity index (χ3n) is 7.18. The van der Waals surface area contributed by atoms with Crippen molar-refractivity contribution in [1.29, 1.82) is 0 Å². The highest BCUT2D eigenvalue weighted by Crippen LogP contribution is 2.64. The monoisotopic (exact) mass is 368 g/mol. The van der Waals surface area contributed by atoms with Crippen molar-refractivity contribution in [1.82, 2.24) is 0 Å². The van der Waals surface area contributed by atoms with Crippen LogP contribution in [-0.2, 0) is 5.41 Å². The molecule has 1 spiro atoms. The molecule has 0 aliphatic heterocycles. The average Bonchev–Trinajstić information content (AvgIpc) is 3.27. The van der Waals surface area contributed by atoms with Gasteiger partial charge in [0.25, 0.3) is 0 Å². The Hall–Kier alpha value is -3.38. The van der Waals surface area contributed by atoms with E-state index >= 15 is 0 Å². The average molecular weight is 368 g/mol. The highest BCUT2D eigenvalue weighted by molar-refractivity contribution is 6.05. The van der Waals surface area contributed by atoms with E-state index in [2.05, 4.69) is 97.1 Å². The van der Waals surface area contributed by atoms with Crippen LogP contribution in [0.3, 0.4) is 0 Å². The lowest BCUT2D eigenvalue weighted by atomic mass is 9.68. The van der Waals surface area contributed by atoms with Crippen LogP contribution >= 0.6 is 0 Å². The molecule has 0 radical (unpaired) electrons. The first-order valence-corrected chi connectivity index (χ1v) is 10.5. The summed E-state index contributed by atoms with van der Waals surface area (Å²) < 4.78 is 0. The van der Waals surface area contributed by atoms with Gasteiger partial charge in [-0.25, -0.2) is 0 Å². The van der Waals surface area contributed by atoms with Crippen LogP contribution in [0.15, 0.2) is 103 Å². The van der Waals surface area contributed by atoms with Gasteiger partial charge < -0.3 is 0 Å². The fraction of sp³-hybridized carbons (Fsp3) is 0.103. The van der Waals surface area contributed by atoms with E-state index in [9.17, 15) is 0 Å². The number of allylic oxidation sites excluding steroid dienone is 4. The van der Waals surface area contributed by atoms with E-state index in [1.165, 1.54) is 49.7 Å². The van der Waals surface area contributed by atoms with Crippen molar-refractivity contribution in [3.8, 4) is 11.1 Å². The molecule has 0 saturated heterocycles. The van der Waals surface area contributed by atoms with Crippen LogP contribution in [-0.4, -0.2) is 0 Å². The summed E-state index contributed by atoms with van der Waals surface area (Å²) in [5.74, 6) is 0. The van der Waals surface area contributed by atoms with Crippen molar-refractivity contribution < 1.29 is 0 Å². The molecule has 0 N–H and O–H groups in total. The van der Waals surface area contributed by atoms with Crippen molar-refractivity contribution in [2.45, 2.75) is 18.3 Å². The molecule has 0 bridgehead atoms. The number of hydrogen-bond acceptors (Lipinski definition) is 0. The van der Waals surface area contributed by atoms with E-state index in [0.717, 1.165) is 12.8 Å². The summed E-state index contributed by atoms with van der Waals surface area (Å²) in [6, 6.07) is 31.7. The minimum atomic E-state index is -0.146. The summed E-state index contributed by atoms with van der Waals surface area (Å²) in [4.78, 5) is 0. The normalized spacial score (nSPS) is 17.4. The quantitative estimate of drug-likeness (QED) is 0.306. The Morgan fingerprint density at radius 3 is 2.10 bits per heavy atom. The molecule has 3 aliphatic rings. The molecule has 136 valence electrons. The van der Waals surface area contributed by atoms with Crippen LogP contribution in [0.5, 0.6) is 0 Å². The van der Waals surface area contributed by atoms with Crippen LogP contribution in [0.1, 0.15) is 35.1 Å². The Kier molecular flexibility index (Phi) is 2.87. The maximum atomic E-state index is 2.41. The van der Waals surface area contributed by atoms with Gasteiger partial charge >= 0.3 is 0 Å². The van der Waals surface area contributed by atoms with Gasteiger partial charge in [-0.05, 0) is 68.1 Å². The molecule has 4 aromatic rings. The number of fused-ring (bicyclic) bond motifs is 11. The van der Waals surface area contributed by atoms with Crippen molar-refractivity contribution in [3.05, 3.63) is 125 Å². The Morgan fingerprint density at radius 2 is 1.31 bits per heavy atom. The van der Waals surface area contributed by atoms with Gasteiger partial charge in [-0.3, -0.25) is 0 Å². The minimum absolute atomic E-state index is 0.146. The predicted molar refractivity (Wildman–Crippen MR) is 121 cm³/mol. The minimum Gasteiger partial charge on any atom is -0.0836 e. The van der Waals surface area contributed by atoms with Crippen LogP contribution in [0.25, 0.3) is 27.5 Å². The number of benzene rings is 4. The lowest BCUT2D eigenvalue weighted by molar-refractivity contribution is 0.714. The Morgan fingerprint density at radius 1 is 0.621 bits per heavy atom. The highest BCUT2D eigenvalue weighted by Gasteiger charge is 2.52. The summed E-state index contributed by atoms with van der Waals surface area (Å²) in [6.07, 6.45) is 6.99. The van der Waals surface area contributed by atoms with E-state index in [4.69, 9.17) is 0 Å². The van der Waals surface area contributed by atoms with Gasteiger partial charge in [0, 0.05) is 0 Å². The van der Waals surface area contributed by atoms with E-state index < -0.39 is 0 Å². The van der Waals surface area contributed by atoms with E-state index in [1.54, 1.807) is 5.57 Å². The maximum Gasteiger partial charge on any atom is 0.0688 e. The van der Waals surface area contributed by atoms with E-state index in [1.807, 2.05) is 0 Å². The molecule has 0 saturated carbocycles. The zero-order valence-corrected chi connectivity index (χ0v) is 16.2. The van der Waals surface area contributed by atoms with Crippen LogP contribution in [0.4, 0.5) is 0 Å². The van der Waals surface area contributed by atoms with Crippen molar-refractivity contribution in [2.75, 3.05) is 0 Å². The Bertz CT molecular complexity index is 1350. The second-order valence-electron chi connectivity index (χ2n) is 8.38. The van der Waals surface area contributed by atoms with Gasteiger partial charge in [0.15, 0.2) is 0 Å². The zero-order chi connectivity index (χ0) is 19.0. The summed E-state index contributed by atoms with van der Waals surface area (Å²) in [5, 5.41) is 2.71. The first-order valence-electron chi connectivity index (χ1n) is 10.5. The summed E-state index contributed by atoms with van der Waals surface area (Å²) in [6.45, 7) is 0. The molecule has 3 aliphatic carbocycles. The molecule has 0 atom stereocenters. The van der Waals surface area contributed by atoms with Gasteiger partial charge in [-0.2, -0.15) is 0 Å². The SMILES string of the molecule is C1=CC2=C(CC1)C1(c3ccccc3-c3ccccc31)c1ccc3ccccc3c12. The van der Waals surface area contributed by atoms with Gasteiger partial charge in [-0.1, -0.05) is 97.1 Å². The Labute approximate surface area is 170 Å². The third-order valence-corrected chi connectivity index (χ3v) is 7.18. The largest absolute Gasteiger partial charge is 0.0836 e. The fourth-order valence-corrected chi connectivity index (χ4v) is 6.17. The van der Waals surface area contributed by atoms with Crippen LogP contribution in [0.2, 0.25) is 0 Å². The molecule has 0 unspecified atom stereocenters. The summed E-state index contributed by atoms with van der Waals surface area (Å²) in [5.41, 5.74) is 11.5. The van der Waals surface area contributed by atoms with Crippen molar-refractivity contribution in [2.24, 2.45) is 0 Å². The second-order valence-corrected chi connectivity index (χ2v) is 8.38. The summed E-state index contributed by atoms with van der Waals surface area (Å²) in [7, 11) is 0. The van der Waals surface area contributed by atoms with E-state index in [0.29, 0.717) is 0 Å². The molecular formula is C29H20. The molecular weight excluding hydrogens is 348 g/mol. The molecule has 0 amide bonds. The Balaban J connectivity index is 1.73. The lowest BCUT2D eigenvalue weighted by Crippen LogP contribution is -2.27. The fourth-order valence-electron chi connectivity index (χ4n) is 6.17. The van der Waals surface area contributed by atoms with Crippen molar-refractivity contribution in [3.63, 3.8) is 0 Å². The molecule has 0 nitrogen and oxygen atoms in total. The van der Waals surface area contributed by atoms with Gasteiger partial charge in [0.1, 0.15) is 0 Å². The first-order chi connectivity index (χ1) is 14.4. The number of rotatable bonds is 0. The lowest BCUT2D eigenvalue weighted by Gasteiger charge is -2.33. The van der Waals surface area contributed by atoms with Crippen LogP contribution < -0.4 is 0 Å². The molecule has 7 rings (SSSR count). The molecule has 0 heteroatoms. The van der Waals surface area contributed by atoms with Gasteiger partial charge in [0.05, 0.1) is 5.41 Å². The standard InChI is InChI=1S/C29H20/c1-2-10-20-19(9-1)17-18-27-28(20)23-13-5-8-16-26(23)29(27)24-14-6-3-11-21(24)22-12-4-7-15-25(22)29/h1-7,9-15,17-18H,8,16H2. The first kappa shape index (κ1) is 15.5. The topological polar surface area (TPSA) is 0 Å². The molecule has 29 heavy (non-hydrogen) atoms. The molecule has 0 fully saturated rings. The van der Waals surface area contributed by atoms with Gasteiger partial charge in [-0.15, -0.1) is 0 Å². The van der Waals surface area contributed by atoms with Crippen molar-refractivity contribution >= 4 is 16.3 Å². The second kappa shape index (κ2) is 5.36. The van der Waals surface area contributed by atoms with Gasteiger partial charge in [0.2, 0.25) is 0 Å². The zero-order valence-electron chi connectivity index (χ0n) is 16.2. The third kappa shape index (κ3) is 1.72. The summed E-state index contributed by atoms with van der Waals surface area (Å²) >= 11 is 0. The predicted octanol–water partition coefficient (Wildman–Crippen LogP) is 7.27. The molecule has 4 aromatic carbocycles. The maximum absolute atomic E-state index is 2.41. The highest BCUT2D eigenvalue weighted by atomic mass is 14.5. The molecule has 0 heterocycles. The smallest absolute Gasteiger partial charge is 0.0688 e.